The van der Waals surface area contributed by atoms with Gasteiger partial charge in [0.25, 0.3) is 0 Å². The van der Waals surface area contributed by atoms with E-state index in [9.17, 15) is 24.9 Å². The van der Waals surface area contributed by atoms with Crippen LogP contribution in [0.1, 0.15) is 104 Å². The van der Waals surface area contributed by atoms with Crippen LogP contribution in [0.2, 0.25) is 37.8 Å². The number of amides is 1. The first-order valence-electron chi connectivity index (χ1n) is 23.5. The van der Waals surface area contributed by atoms with Crippen molar-refractivity contribution in [1.82, 2.24) is 5.32 Å². The highest BCUT2D eigenvalue weighted by Crippen LogP contribution is 2.64. The van der Waals surface area contributed by atoms with Gasteiger partial charge in [0, 0.05) is 24.2 Å². The summed E-state index contributed by atoms with van der Waals surface area (Å²) in [6.45, 7) is 24.5. The summed E-state index contributed by atoms with van der Waals surface area (Å²) in [5.74, 6) is -2.62. The van der Waals surface area contributed by atoms with Crippen molar-refractivity contribution in [3.05, 3.63) is 82.9 Å². The minimum Gasteiger partial charge on any atom is -0.455 e. The summed E-state index contributed by atoms with van der Waals surface area (Å²) in [6, 6.07) is 19.4. The van der Waals surface area contributed by atoms with Gasteiger partial charge in [0.1, 0.15) is 29.0 Å². The Morgan fingerprint density at radius 1 is 0.938 bits per heavy atom. The number of alkyl carbamates (subject to hydrolysis) is 1. The van der Waals surface area contributed by atoms with Gasteiger partial charge in [-0.2, -0.15) is 0 Å². The fourth-order valence-corrected chi connectivity index (χ4v) is 15.3. The molecule has 6 rings (SSSR count). The van der Waals surface area contributed by atoms with Crippen molar-refractivity contribution in [2.45, 2.75) is 179 Å². The molecule has 13 nitrogen and oxygen atoms in total. The van der Waals surface area contributed by atoms with E-state index in [-0.39, 0.29) is 37.2 Å². The van der Waals surface area contributed by atoms with Gasteiger partial charge >= 0.3 is 12.1 Å². The smallest absolute Gasteiger partial charge is 0.408 e. The summed E-state index contributed by atoms with van der Waals surface area (Å²) in [5, 5.41) is 42.7. The van der Waals surface area contributed by atoms with E-state index in [4.69, 9.17) is 27.8 Å². The van der Waals surface area contributed by atoms with Gasteiger partial charge in [0.15, 0.2) is 22.4 Å². The number of fused-ring (bicyclic) bond motifs is 5. The summed E-state index contributed by atoms with van der Waals surface area (Å²) in [7, 11) is -4.85. The van der Waals surface area contributed by atoms with Crippen LogP contribution in [0, 0.1) is 16.7 Å². The van der Waals surface area contributed by atoms with E-state index < -0.39 is 111 Å². The van der Waals surface area contributed by atoms with E-state index in [1.54, 1.807) is 78.8 Å². The number of ketones is 1. The highest BCUT2D eigenvalue weighted by molar-refractivity contribution is 6.73. The van der Waals surface area contributed by atoms with Crippen LogP contribution in [0.25, 0.3) is 0 Å². The average Bonchev–Trinajstić information content (AvgIpc) is 3.23. The largest absolute Gasteiger partial charge is 0.455 e. The van der Waals surface area contributed by atoms with Crippen molar-refractivity contribution in [2.75, 3.05) is 13.2 Å². The molecule has 0 radical (unpaired) electrons. The molecule has 4 N–H and O–H groups in total. The molecule has 1 aliphatic heterocycles. The van der Waals surface area contributed by atoms with Crippen molar-refractivity contribution in [2.24, 2.45) is 16.7 Å². The maximum Gasteiger partial charge on any atom is 0.408 e. The van der Waals surface area contributed by atoms with Gasteiger partial charge in [-0.15, -0.1) is 0 Å². The Bertz CT molecular complexity index is 2060. The van der Waals surface area contributed by atoms with Crippen molar-refractivity contribution < 1.29 is 57.5 Å². The Morgan fingerprint density at radius 2 is 1.52 bits per heavy atom. The number of aliphatic hydroxyl groups is 3. The third kappa shape index (κ3) is 9.60. The van der Waals surface area contributed by atoms with E-state index >= 15 is 4.79 Å². The third-order valence-electron chi connectivity index (χ3n) is 15.1. The number of nitrogens with one attached hydrogen (secondary N) is 1. The molecule has 2 aromatic rings. The van der Waals surface area contributed by atoms with Gasteiger partial charge in [-0.25, -0.2) is 9.59 Å². The first kappa shape index (κ1) is 51.1. The van der Waals surface area contributed by atoms with Crippen molar-refractivity contribution in [3.8, 4) is 0 Å². The summed E-state index contributed by atoms with van der Waals surface area (Å²) < 4.78 is 39.4. The topological polar surface area (TPSA) is 179 Å². The SMILES string of the molecule is CC[Si](CC)(CC)OC1CC2OCC2(O)C2C(OC(=O)c3ccccc3)C3(O)CC(OCC(O[Si](C)(C)C)C(NC(=O)OC(C)(C)C)c4ccccc4)C(C)=C(C(O)C(=O)C12C)C3(C)C. The van der Waals surface area contributed by atoms with Gasteiger partial charge in [0.05, 0.1) is 54.6 Å². The number of hydrogen-bond acceptors (Lipinski definition) is 12. The molecule has 0 aromatic heterocycles. The predicted molar refractivity (Wildman–Crippen MR) is 252 cm³/mol. The number of carbonyl (C=O) groups is 3. The molecule has 3 aliphatic carbocycles. The summed E-state index contributed by atoms with van der Waals surface area (Å²) in [4.78, 5) is 43.7. The lowest BCUT2D eigenvalue weighted by molar-refractivity contribution is -0.342. The minimum absolute atomic E-state index is 0.0986. The first-order valence-corrected chi connectivity index (χ1v) is 29.4. The Labute approximate surface area is 388 Å². The van der Waals surface area contributed by atoms with E-state index in [2.05, 4.69) is 26.1 Å². The van der Waals surface area contributed by atoms with Crippen LogP contribution >= 0.6 is 0 Å². The Balaban J connectivity index is 1.52. The lowest BCUT2D eigenvalue weighted by Gasteiger charge is -2.67. The van der Waals surface area contributed by atoms with Gasteiger partial charge < -0.3 is 48.4 Å². The van der Waals surface area contributed by atoms with Crippen LogP contribution in [0.15, 0.2) is 71.8 Å². The van der Waals surface area contributed by atoms with E-state index in [0.717, 1.165) is 23.7 Å². The lowest BCUT2D eigenvalue weighted by atomic mass is 9.44. The molecule has 1 heterocycles. The normalized spacial score (nSPS) is 32.2. The highest BCUT2D eigenvalue weighted by Gasteiger charge is 2.77. The maximum absolute atomic E-state index is 15.7. The molecule has 1 saturated heterocycles. The number of hydrogen-bond donors (Lipinski definition) is 4. The molecule has 11 atom stereocenters. The number of rotatable bonds is 15. The van der Waals surface area contributed by atoms with Crippen LogP contribution in [0.3, 0.4) is 0 Å². The van der Waals surface area contributed by atoms with Crippen LogP contribution < -0.4 is 5.32 Å². The van der Waals surface area contributed by atoms with Gasteiger partial charge in [-0.05, 0) is 101 Å². The molecule has 2 bridgehead atoms. The van der Waals surface area contributed by atoms with E-state index in [0.29, 0.717) is 5.57 Å². The van der Waals surface area contributed by atoms with Gasteiger partial charge in [0.2, 0.25) is 0 Å². The second kappa shape index (κ2) is 18.7. The second-order valence-corrected chi connectivity index (χ2v) is 30.8. The number of benzene rings is 2. The fraction of sp³-hybridized carbons (Fsp3) is 0.660. The second-order valence-electron chi connectivity index (χ2n) is 21.6. The molecule has 4 aliphatic rings. The zero-order valence-corrected chi connectivity index (χ0v) is 42.9. The standard InChI is InChI=1S/C50H75NO12Si2/c1-14-65(15-2,16-3)63-36-27-37-49(56,30-59-37)41-43(60-44(54)33-25-21-18-22-26-33)50(57)28-34(31(4)38(47(50,8)9)40(52)42(53)48(36,41)10)58-29-35(62-64(11,12)13)39(32-23-19-17-20-24-32)51-45(55)61-46(5,6)7/h17-26,34-37,39-41,43,52,56-57H,14-16,27-30H2,1-13H3,(H,51,55). The molecular weight excluding hydrogens is 863 g/mol. The predicted octanol–water partition coefficient (Wildman–Crippen LogP) is 8.05. The van der Waals surface area contributed by atoms with Crippen LogP contribution in [0.4, 0.5) is 4.79 Å². The zero-order valence-electron chi connectivity index (χ0n) is 40.9. The van der Waals surface area contributed by atoms with Crippen LogP contribution in [-0.4, -0.2) is 116 Å². The third-order valence-corrected chi connectivity index (χ3v) is 20.7. The van der Waals surface area contributed by atoms with Crippen molar-refractivity contribution >= 4 is 34.5 Å². The number of esters is 1. The molecule has 3 fully saturated rings. The fourth-order valence-electron chi connectivity index (χ4n) is 11.2. The number of aliphatic hydroxyl groups excluding tert-OH is 1. The molecule has 2 saturated carbocycles. The summed E-state index contributed by atoms with van der Waals surface area (Å²) in [6.07, 6.45) is -7.27. The highest BCUT2D eigenvalue weighted by atomic mass is 28.4. The summed E-state index contributed by atoms with van der Waals surface area (Å²) in [5.41, 5.74) is -5.91. The van der Waals surface area contributed by atoms with E-state index in [1.807, 2.05) is 50.0 Å². The van der Waals surface area contributed by atoms with Gasteiger partial charge in [-0.3, -0.25) is 4.79 Å². The molecular formula is C50H75NO12Si2. The average molecular weight is 938 g/mol. The van der Waals surface area contributed by atoms with E-state index in [1.165, 1.54) is 0 Å². The Kier molecular flexibility index (Phi) is 14.7. The summed E-state index contributed by atoms with van der Waals surface area (Å²) >= 11 is 0. The first-order chi connectivity index (χ1) is 30.2. The molecule has 65 heavy (non-hydrogen) atoms. The van der Waals surface area contributed by atoms with Crippen LogP contribution in [0.5, 0.6) is 0 Å². The van der Waals surface area contributed by atoms with Gasteiger partial charge in [-0.1, -0.05) is 83.1 Å². The molecule has 11 unspecified atom stereocenters. The molecule has 0 spiro atoms. The zero-order chi connectivity index (χ0) is 48.1. The molecule has 360 valence electrons. The van der Waals surface area contributed by atoms with Crippen molar-refractivity contribution in [1.29, 1.82) is 0 Å². The number of Topliss-reactive ketones (excluding diaryl/α,β-unsaturated/α-hetero) is 1. The number of ether oxygens (including phenoxy) is 4. The molecule has 15 heteroatoms. The van der Waals surface area contributed by atoms with Crippen molar-refractivity contribution in [3.63, 3.8) is 0 Å². The Morgan fingerprint density at radius 3 is 2.05 bits per heavy atom. The molecule has 2 aromatic carbocycles. The lowest BCUT2D eigenvalue weighted by Crippen LogP contribution is -2.81. The maximum atomic E-state index is 15.7. The quantitative estimate of drug-likeness (QED) is 0.0769. The number of carbonyl (C=O) groups excluding carboxylic acids is 3. The monoisotopic (exact) mass is 937 g/mol. The minimum atomic E-state index is -2.48. The van der Waals surface area contributed by atoms with Crippen LogP contribution in [-0.2, 0) is 32.6 Å². The Hall–Kier alpha value is -3.26. The molecule has 1 amide bonds.